The predicted octanol–water partition coefficient (Wildman–Crippen LogP) is 2.37. The minimum Gasteiger partial charge on any atom is -0.250 e. The van der Waals surface area contributed by atoms with E-state index in [9.17, 15) is 0 Å². The SMILES string of the molecule is C=CC(=S)N=CCCC. The topological polar surface area (TPSA) is 12.4 Å². The van der Waals surface area contributed by atoms with E-state index >= 15 is 0 Å². The van der Waals surface area contributed by atoms with Crippen LogP contribution in [0.25, 0.3) is 0 Å². The zero-order chi connectivity index (χ0) is 7.11. The van der Waals surface area contributed by atoms with Gasteiger partial charge in [-0.15, -0.1) is 0 Å². The van der Waals surface area contributed by atoms with Crippen LogP contribution in [-0.4, -0.2) is 11.2 Å². The van der Waals surface area contributed by atoms with Crippen molar-refractivity contribution in [3.8, 4) is 0 Å². The van der Waals surface area contributed by atoms with Gasteiger partial charge in [0.2, 0.25) is 0 Å². The lowest BCUT2D eigenvalue weighted by Gasteiger charge is -1.83. The third kappa shape index (κ3) is 5.37. The Morgan fingerprint density at radius 1 is 1.78 bits per heavy atom. The molecule has 0 radical (unpaired) electrons. The van der Waals surface area contributed by atoms with E-state index < -0.39 is 0 Å². The fraction of sp³-hybridized carbons (Fsp3) is 0.429. The van der Waals surface area contributed by atoms with Crippen molar-refractivity contribution in [1.29, 1.82) is 0 Å². The molecule has 0 N–H and O–H groups in total. The van der Waals surface area contributed by atoms with Crippen molar-refractivity contribution in [2.45, 2.75) is 19.8 Å². The first-order chi connectivity index (χ1) is 4.31. The van der Waals surface area contributed by atoms with Crippen LogP contribution >= 0.6 is 12.2 Å². The largest absolute Gasteiger partial charge is 0.250 e. The van der Waals surface area contributed by atoms with Crippen LogP contribution in [0.5, 0.6) is 0 Å². The zero-order valence-electron chi connectivity index (χ0n) is 5.63. The number of unbranched alkanes of at least 4 members (excludes halogenated alkanes) is 1. The van der Waals surface area contributed by atoms with Gasteiger partial charge in [0, 0.05) is 6.21 Å². The second-order valence-corrected chi connectivity index (χ2v) is 2.06. The van der Waals surface area contributed by atoms with Gasteiger partial charge < -0.3 is 0 Å². The van der Waals surface area contributed by atoms with E-state index in [1.165, 1.54) is 0 Å². The minimum atomic E-state index is 0.573. The Kier molecular flexibility index (Phi) is 5.32. The van der Waals surface area contributed by atoms with Gasteiger partial charge in [0.15, 0.2) is 0 Å². The lowest BCUT2D eigenvalue weighted by atomic mass is 10.4. The number of rotatable bonds is 3. The summed E-state index contributed by atoms with van der Waals surface area (Å²) in [6, 6.07) is 0. The van der Waals surface area contributed by atoms with Crippen LogP contribution in [0.1, 0.15) is 19.8 Å². The second-order valence-electron chi connectivity index (χ2n) is 1.64. The van der Waals surface area contributed by atoms with Gasteiger partial charge in [0.05, 0.1) is 0 Å². The van der Waals surface area contributed by atoms with Crippen molar-refractivity contribution >= 4 is 23.4 Å². The lowest BCUT2D eigenvalue weighted by molar-refractivity contribution is 1.01. The number of aliphatic imine (C=N–C) groups is 1. The van der Waals surface area contributed by atoms with Crippen molar-refractivity contribution in [2.75, 3.05) is 0 Å². The zero-order valence-corrected chi connectivity index (χ0v) is 6.45. The average molecular weight is 141 g/mol. The highest BCUT2D eigenvalue weighted by Gasteiger charge is 1.78. The van der Waals surface area contributed by atoms with E-state index in [4.69, 9.17) is 12.2 Å². The fourth-order valence-corrected chi connectivity index (χ4v) is 0.411. The van der Waals surface area contributed by atoms with E-state index in [-0.39, 0.29) is 0 Å². The maximum absolute atomic E-state index is 4.75. The quantitative estimate of drug-likeness (QED) is 0.334. The molecule has 0 unspecified atom stereocenters. The summed E-state index contributed by atoms with van der Waals surface area (Å²) in [5.74, 6) is 0. The van der Waals surface area contributed by atoms with Crippen molar-refractivity contribution in [3.63, 3.8) is 0 Å². The molecule has 0 atom stereocenters. The van der Waals surface area contributed by atoms with Crippen molar-refractivity contribution in [2.24, 2.45) is 4.99 Å². The fourth-order valence-electron chi connectivity index (χ4n) is 0.336. The lowest BCUT2D eigenvalue weighted by Crippen LogP contribution is -1.81. The molecule has 0 aliphatic carbocycles. The molecular weight excluding hydrogens is 130 g/mol. The summed E-state index contributed by atoms with van der Waals surface area (Å²) >= 11 is 4.75. The molecule has 0 aromatic carbocycles. The smallest absolute Gasteiger partial charge is 0.125 e. The van der Waals surface area contributed by atoms with E-state index in [2.05, 4.69) is 18.5 Å². The molecule has 0 aromatic rings. The third-order valence-corrected chi connectivity index (χ3v) is 1.08. The van der Waals surface area contributed by atoms with Crippen LogP contribution in [0.2, 0.25) is 0 Å². The molecule has 2 heteroatoms. The number of hydrogen-bond acceptors (Lipinski definition) is 1. The summed E-state index contributed by atoms with van der Waals surface area (Å²) in [5, 5.41) is 0. The highest BCUT2D eigenvalue weighted by atomic mass is 32.1. The van der Waals surface area contributed by atoms with Gasteiger partial charge >= 0.3 is 0 Å². The molecule has 0 rings (SSSR count). The predicted molar refractivity (Wildman–Crippen MR) is 46.2 cm³/mol. The van der Waals surface area contributed by atoms with E-state index in [0.29, 0.717) is 4.99 Å². The summed E-state index contributed by atoms with van der Waals surface area (Å²) < 4.78 is 0. The molecule has 0 saturated carbocycles. The first kappa shape index (κ1) is 8.50. The highest BCUT2D eigenvalue weighted by molar-refractivity contribution is 7.80. The Labute approximate surface area is 61.5 Å². The van der Waals surface area contributed by atoms with Crippen LogP contribution in [0, 0.1) is 0 Å². The maximum Gasteiger partial charge on any atom is 0.125 e. The normalized spacial score (nSPS) is 9.89. The summed E-state index contributed by atoms with van der Waals surface area (Å²) in [6.07, 6.45) is 5.50. The van der Waals surface area contributed by atoms with Crippen LogP contribution in [0.4, 0.5) is 0 Å². The average Bonchev–Trinajstić information content (AvgIpc) is 1.89. The first-order valence-electron chi connectivity index (χ1n) is 3.00. The van der Waals surface area contributed by atoms with Gasteiger partial charge in [0.25, 0.3) is 0 Å². The van der Waals surface area contributed by atoms with Gasteiger partial charge in [-0.1, -0.05) is 32.1 Å². The van der Waals surface area contributed by atoms with Gasteiger partial charge in [0.1, 0.15) is 4.99 Å². The molecule has 9 heavy (non-hydrogen) atoms. The Bertz CT molecular complexity index is 127. The monoisotopic (exact) mass is 141 g/mol. The third-order valence-electron chi connectivity index (χ3n) is 0.811. The number of thiocarbonyl (C=S) groups is 1. The maximum atomic E-state index is 4.75. The molecule has 0 fully saturated rings. The van der Waals surface area contributed by atoms with Crippen LogP contribution in [0.3, 0.4) is 0 Å². The molecule has 0 aliphatic rings. The molecule has 0 aliphatic heterocycles. The molecule has 0 aromatic heterocycles. The summed E-state index contributed by atoms with van der Waals surface area (Å²) in [7, 11) is 0. The van der Waals surface area contributed by atoms with Gasteiger partial charge in [-0.05, 0) is 12.5 Å². The number of hydrogen-bond donors (Lipinski definition) is 0. The molecule has 1 nitrogen and oxygen atoms in total. The molecule has 0 amide bonds. The molecule has 50 valence electrons. The molecule has 0 spiro atoms. The van der Waals surface area contributed by atoms with Gasteiger partial charge in [-0.25, -0.2) is 4.99 Å². The Hall–Kier alpha value is -0.500. The Morgan fingerprint density at radius 2 is 2.44 bits per heavy atom. The van der Waals surface area contributed by atoms with Crippen molar-refractivity contribution < 1.29 is 0 Å². The van der Waals surface area contributed by atoms with Crippen molar-refractivity contribution in [3.05, 3.63) is 12.7 Å². The van der Waals surface area contributed by atoms with E-state index in [1.54, 1.807) is 6.08 Å². The van der Waals surface area contributed by atoms with Gasteiger partial charge in [-0.2, -0.15) is 0 Å². The first-order valence-corrected chi connectivity index (χ1v) is 3.41. The van der Waals surface area contributed by atoms with Crippen molar-refractivity contribution in [1.82, 2.24) is 0 Å². The summed E-state index contributed by atoms with van der Waals surface area (Å²) in [4.78, 5) is 4.49. The number of nitrogens with zero attached hydrogens (tertiary/aromatic N) is 1. The Balaban J connectivity index is 3.44. The van der Waals surface area contributed by atoms with Gasteiger partial charge in [-0.3, -0.25) is 0 Å². The Morgan fingerprint density at radius 3 is 2.89 bits per heavy atom. The molecule has 0 saturated heterocycles. The minimum absolute atomic E-state index is 0.573. The standard InChI is InChI=1S/C7H11NS/c1-3-5-6-8-7(9)4-2/h4,6H,2-3,5H2,1H3. The summed E-state index contributed by atoms with van der Waals surface area (Å²) in [6.45, 7) is 5.58. The molecule has 0 bridgehead atoms. The van der Waals surface area contributed by atoms with Crippen LogP contribution in [-0.2, 0) is 0 Å². The van der Waals surface area contributed by atoms with Crippen LogP contribution in [0.15, 0.2) is 17.6 Å². The van der Waals surface area contributed by atoms with E-state index in [1.807, 2.05) is 6.21 Å². The molecule has 0 heterocycles. The van der Waals surface area contributed by atoms with Crippen LogP contribution < -0.4 is 0 Å². The molecular formula is C7H11NS. The second kappa shape index (κ2) is 5.63. The summed E-state index contributed by atoms with van der Waals surface area (Å²) in [5.41, 5.74) is 0. The highest BCUT2D eigenvalue weighted by Crippen LogP contribution is 1.84. The van der Waals surface area contributed by atoms with E-state index in [0.717, 1.165) is 12.8 Å².